The highest BCUT2D eigenvalue weighted by Gasteiger charge is 2.04. The Labute approximate surface area is 724 Å². The van der Waals surface area contributed by atoms with Crippen LogP contribution < -0.4 is 0 Å². The molecule has 18 heteroatoms. The minimum absolute atomic E-state index is 0.115. The smallest absolute Gasteiger partial charge is 0.156 e. The molecule has 0 aliphatic rings. The van der Waals surface area contributed by atoms with E-state index >= 15 is 0 Å². The number of carbonyl (C=O) groups excluding carboxylic acids is 9. The summed E-state index contributed by atoms with van der Waals surface area (Å²) in [5, 5.41) is 0. The molecule has 0 unspecified atom stereocenters. The lowest BCUT2D eigenvalue weighted by Crippen LogP contribution is -2.15. The van der Waals surface area contributed by atoms with Gasteiger partial charge in [0.2, 0.25) is 0 Å². The Kier molecular flexibility index (Phi) is 118. The molecule has 0 aliphatic heterocycles. The molecule has 0 fully saturated rings. The molecule has 0 N–H and O–H groups in total. The minimum atomic E-state index is 0.115. The average Bonchev–Trinajstić information content (AvgIpc) is 1.15. The highest BCUT2D eigenvalue weighted by Crippen LogP contribution is 2.13. The molecule has 0 spiro atoms. The Morgan fingerprint density at radius 3 is 0.376 bits per heavy atom. The van der Waals surface area contributed by atoms with Crippen LogP contribution in [0.4, 0.5) is 0 Å². The van der Waals surface area contributed by atoms with Crippen molar-refractivity contribution in [2.24, 2.45) is 0 Å². The van der Waals surface area contributed by atoms with Gasteiger partial charge in [-0.3, -0.25) is 43.2 Å². The van der Waals surface area contributed by atoms with Gasteiger partial charge in [0.1, 0.15) is 0 Å². The largest absolute Gasteiger partial charge is 0.309 e. The lowest BCUT2D eigenvalue weighted by Gasteiger charge is -2.08. The fourth-order valence-corrected chi connectivity index (χ4v) is 10.6. The zero-order chi connectivity index (χ0) is 90.9. The molecule has 0 aliphatic carbocycles. The van der Waals surface area contributed by atoms with E-state index in [1.165, 1.54) is 241 Å². The minimum Gasteiger partial charge on any atom is -0.309 e. The van der Waals surface area contributed by atoms with Gasteiger partial charge in [0.15, 0.2) is 52.0 Å². The zero-order valence-electron chi connectivity index (χ0n) is 79.9. The van der Waals surface area contributed by atoms with Crippen LogP contribution in [-0.4, -0.2) is 282 Å². The van der Waals surface area contributed by atoms with E-state index in [-0.39, 0.29) is 52.0 Å². The van der Waals surface area contributed by atoms with Crippen molar-refractivity contribution in [2.45, 2.75) is 289 Å². The number of hydrogen-bond acceptors (Lipinski definition) is 18. The molecule has 0 amide bonds. The van der Waals surface area contributed by atoms with Gasteiger partial charge >= 0.3 is 0 Å². The number of ketones is 9. The number of hydrogen-bond donors (Lipinski definition) is 0. The van der Waals surface area contributed by atoms with Crippen molar-refractivity contribution in [1.29, 1.82) is 0 Å². The Balaban J connectivity index is -0.000000161. The van der Waals surface area contributed by atoms with E-state index in [1.807, 2.05) is 47.2 Å². The molecule has 0 atom stereocenters. The molecule has 0 aromatic rings. The highest BCUT2D eigenvalue weighted by molar-refractivity contribution is 5.91. The summed E-state index contributed by atoms with van der Waals surface area (Å²) in [6.45, 7) is 40.8. The molecular weight excluding hydrogens is 1460 g/mol. The maximum Gasteiger partial charge on any atom is 0.156 e. The van der Waals surface area contributed by atoms with E-state index in [2.05, 4.69) is 183 Å². The van der Waals surface area contributed by atoms with Gasteiger partial charge in [-0.15, -0.1) is 0 Å². The van der Waals surface area contributed by atoms with E-state index < -0.39 is 0 Å². The molecule has 0 saturated heterocycles. The number of carbonyl (C=O) groups is 9. The normalized spacial score (nSPS) is 10.4. The first-order chi connectivity index (χ1) is 55.5. The molecule has 18 nitrogen and oxygen atoms in total. The van der Waals surface area contributed by atoms with Crippen LogP contribution >= 0.6 is 0 Å². The van der Waals surface area contributed by atoms with Gasteiger partial charge < -0.3 is 44.1 Å². The fraction of sp³-hybridized carbons (Fsp3) is 0.727. The summed E-state index contributed by atoms with van der Waals surface area (Å²) < 4.78 is 0. The predicted molar refractivity (Wildman–Crippen MR) is 512 cm³/mol. The SMILES string of the molecule is C=CC(=O)CCCCCCCCCCN(C)C.C=CC(=O)CCCCCCCCCN(C)C.C=CC(=O)CCCCCCCCN(C)C.C=CC(=O)CCCCCCCN(C)C.C=CC(=O)CCCCCCN(C)C.C=CC(=O)CCCCCN(C)C.C=CC(=O)CCCCN(C)C.C=CC(=O)CCCN(C)C.C=CC(=O)CCN(C)C. The van der Waals surface area contributed by atoms with Crippen molar-refractivity contribution in [2.75, 3.05) is 186 Å². The molecule has 0 aromatic heterocycles. The first kappa shape index (κ1) is 129. The maximum atomic E-state index is 11.0. The summed E-state index contributed by atoms with van der Waals surface area (Å²) in [4.78, 5) is 117. The first-order valence-corrected chi connectivity index (χ1v) is 44.7. The molecule has 0 saturated carbocycles. The third-order valence-electron chi connectivity index (χ3n) is 18.1. The van der Waals surface area contributed by atoms with E-state index in [0.717, 1.165) is 103 Å². The molecule has 0 heterocycles. The fourth-order valence-electron chi connectivity index (χ4n) is 10.6. The Hall–Kier alpha value is -5.67. The van der Waals surface area contributed by atoms with Crippen LogP contribution in [0, 0.1) is 0 Å². The molecule has 117 heavy (non-hydrogen) atoms. The average molecular weight is 1650 g/mol. The van der Waals surface area contributed by atoms with Gasteiger partial charge in [0, 0.05) is 64.3 Å². The summed E-state index contributed by atoms with van der Waals surface area (Å²) >= 11 is 0. The van der Waals surface area contributed by atoms with Gasteiger partial charge in [-0.05, 0) is 330 Å². The van der Waals surface area contributed by atoms with E-state index in [0.29, 0.717) is 57.8 Å². The summed E-state index contributed by atoms with van der Waals surface area (Å²) in [6.07, 6.45) is 61.9. The van der Waals surface area contributed by atoms with E-state index in [9.17, 15) is 43.2 Å². The number of nitrogens with zero attached hydrogens (tertiary/aromatic N) is 9. The molecule has 0 aromatic carbocycles. The lowest BCUT2D eigenvalue weighted by molar-refractivity contribution is -0.115. The molecule has 0 bridgehead atoms. The van der Waals surface area contributed by atoms with Crippen molar-refractivity contribution in [1.82, 2.24) is 44.1 Å². The third kappa shape index (κ3) is 149. The zero-order valence-corrected chi connectivity index (χ0v) is 79.9. The Morgan fingerprint density at radius 2 is 0.231 bits per heavy atom. The Morgan fingerprint density at radius 1 is 0.137 bits per heavy atom. The monoisotopic (exact) mass is 1650 g/mol. The van der Waals surface area contributed by atoms with Crippen molar-refractivity contribution in [3.63, 3.8) is 0 Å². The number of unbranched alkanes of at least 4 members (excludes halogenated alkanes) is 28. The van der Waals surface area contributed by atoms with Crippen LogP contribution in [-0.2, 0) is 43.2 Å². The second-order valence-electron chi connectivity index (χ2n) is 32.7. The summed E-state index contributed by atoms with van der Waals surface area (Å²) in [6, 6.07) is 0. The van der Waals surface area contributed by atoms with Gasteiger partial charge in [0.25, 0.3) is 0 Å². The van der Waals surface area contributed by atoms with Gasteiger partial charge in [-0.25, -0.2) is 0 Å². The summed E-state index contributed by atoms with van der Waals surface area (Å²) in [7, 11) is 37.2. The second-order valence-corrected chi connectivity index (χ2v) is 32.7. The van der Waals surface area contributed by atoms with Crippen LogP contribution in [0.3, 0.4) is 0 Å². The van der Waals surface area contributed by atoms with Gasteiger partial charge in [-0.1, -0.05) is 194 Å². The standard InChI is InChI=1S/C15H29NO.C14H27NO.C13H25NO.C12H23NO.C11H21NO.C10H19NO.C9H17NO.C8H15NO.C7H13NO/c1-4-15(17)13-11-9-7-5-6-8-10-12-14-16(2)3;1-4-14(16)12-10-8-6-5-7-9-11-13-15(2)3;1-4-13(15)11-9-7-5-6-8-10-12-14(2)3;1-4-12(14)10-8-6-5-7-9-11-13(2)3;1-4-11(13)9-7-5-6-8-10-12(2)3;1-4-10(12)8-6-5-7-9-11(2)3;1-4-9(11)7-5-6-8-10(2)3;1-4-8(10)6-5-7-9(2)3;1-4-7(9)5-6-8(2)3/h4H,1,5-14H2,2-3H3;4H,1,5-13H2,2-3H3;4H,1,5-12H2,2-3H3;4H,1,5-11H2,2-3H3;4H,1,5-10H2,2-3H3;4H,1,5-9H2,2-3H3;4H,1,5-8H2,2-3H3;4H,1,5-7H2,2-3H3;4H,1,5-6H2,2-3H3. The first-order valence-electron chi connectivity index (χ1n) is 44.7. The van der Waals surface area contributed by atoms with Gasteiger partial charge in [-0.2, -0.15) is 0 Å². The van der Waals surface area contributed by atoms with Crippen molar-refractivity contribution in [3.8, 4) is 0 Å². The quantitative estimate of drug-likeness (QED) is 0.0413. The predicted octanol–water partition coefficient (Wildman–Crippen LogP) is 20.3. The van der Waals surface area contributed by atoms with Crippen LogP contribution in [0.2, 0.25) is 0 Å². The highest BCUT2D eigenvalue weighted by atomic mass is 16.2. The third-order valence-corrected chi connectivity index (χ3v) is 18.1. The van der Waals surface area contributed by atoms with Crippen LogP contribution in [0.15, 0.2) is 114 Å². The molecule has 0 radical (unpaired) electrons. The molecular formula is C99H189N9O9. The van der Waals surface area contributed by atoms with Crippen LogP contribution in [0.5, 0.6) is 0 Å². The van der Waals surface area contributed by atoms with E-state index in [1.54, 1.807) is 0 Å². The second kappa shape index (κ2) is 106. The van der Waals surface area contributed by atoms with Crippen LogP contribution in [0.1, 0.15) is 289 Å². The summed E-state index contributed by atoms with van der Waals surface area (Å²) in [5.74, 6) is 1.49. The van der Waals surface area contributed by atoms with Gasteiger partial charge in [0.05, 0.1) is 0 Å². The topological polar surface area (TPSA) is 183 Å². The van der Waals surface area contributed by atoms with Crippen molar-refractivity contribution in [3.05, 3.63) is 114 Å². The lowest BCUT2D eigenvalue weighted by atomic mass is 10.1. The number of allylic oxidation sites excluding steroid dienone is 9. The van der Waals surface area contributed by atoms with Crippen LogP contribution in [0.25, 0.3) is 0 Å². The van der Waals surface area contributed by atoms with Crippen molar-refractivity contribution >= 4 is 52.0 Å². The van der Waals surface area contributed by atoms with Crippen molar-refractivity contribution < 1.29 is 43.2 Å². The maximum absolute atomic E-state index is 11.0. The Bertz CT molecular complexity index is 2400. The summed E-state index contributed by atoms with van der Waals surface area (Å²) in [5.41, 5.74) is 0. The number of rotatable bonds is 72. The molecule has 0 rings (SSSR count). The van der Waals surface area contributed by atoms with E-state index in [4.69, 9.17) is 0 Å². The molecule has 684 valence electrons.